The van der Waals surface area contributed by atoms with Crippen LogP contribution in [-0.4, -0.2) is 23.7 Å². The predicted molar refractivity (Wildman–Crippen MR) is 91.4 cm³/mol. The molecule has 5 heteroatoms. The molecule has 1 spiro atoms. The molecule has 0 aliphatic carbocycles. The Morgan fingerprint density at radius 3 is 2.52 bits per heavy atom. The first kappa shape index (κ1) is 15.9. The normalized spacial score (nSPS) is 26.7. The van der Waals surface area contributed by atoms with Crippen molar-refractivity contribution < 1.29 is 4.74 Å². The van der Waals surface area contributed by atoms with Crippen molar-refractivity contribution >= 4 is 35.0 Å². The average Bonchev–Trinajstić information content (AvgIpc) is 2.46. The van der Waals surface area contributed by atoms with Crippen molar-refractivity contribution in [3.8, 4) is 0 Å². The van der Waals surface area contributed by atoms with Gasteiger partial charge in [0.1, 0.15) is 0 Å². The van der Waals surface area contributed by atoms with Gasteiger partial charge in [0.05, 0.1) is 5.60 Å². The second kappa shape index (κ2) is 6.67. The van der Waals surface area contributed by atoms with Gasteiger partial charge in [0, 0.05) is 22.7 Å². The molecule has 0 bridgehead atoms. The Bertz CT molecular complexity index is 479. The maximum absolute atomic E-state index is 6.52. The largest absolute Gasteiger partial charge is 0.375 e. The second-order valence-corrected chi connectivity index (χ2v) is 8.22. The summed E-state index contributed by atoms with van der Waals surface area (Å²) < 4.78 is 6.15. The zero-order valence-corrected chi connectivity index (χ0v) is 14.3. The Morgan fingerprint density at radius 1 is 1.19 bits per heavy atom. The van der Waals surface area contributed by atoms with E-state index in [0.717, 1.165) is 37.9 Å². The van der Waals surface area contributed by atoms with E-state index >= 15 is 0 Å². The molecule has 1 aromatic carbocycles. The third-order valence-electron chi connectivity index (χ3n) is 4.71. The van der Waals surface area contributed by atoms with Crippen LogP contribution in [0.1, 0.15) is 37.3 Å². The first-order chi connectivity index (χ1) is 10.1. The fourth-order valence-corrected chi connectivity index (χ4v) is 5.28. The number of benzene rings is 1. The van der Waals surface area contributed by atoms with Gasteiger partial charge in [0.25, 0.3) is 0 Å². The van der Waals surface area contributed by atoms with Crippen LogP contribution in [0.4, 0.5) is 0 Å². The number of ether oxygens (including phenoxy) is 1. The van der Waals surface area contributed by atoms with E-state index in [0.29, 0.717) is 16.0 Å². The Hall–Kier alpha value is 0.0700. The Morgan fingerprint density at radius 2 is 1.86 bits per heavy atom. The van der Waals surface area contributed by atoms with Crippen molar-refractivity contribution in [1.29, 1.82) is 0 Å². The summed E-state index contributed by atoms with van der Waals surface area (Å²) in [7, 11) is 0. The third kappa shape index (κ3) is 3.70. The van der Waals surface area contributed by atoms with Gasteiger partial charge >= 0.3 is 0 Å². The van der Waals surface area contributed by atoms with Crippen molar-refractivity contribution in [2.75, 3.05) is 18.1 Å². The molecule has 2 aliphatic heterocycles. The quantitative estimate of drug-likeness (QED) is 0.844. The molecule has 21 heavy (non-hydrogen) atoms. The third-order valence-corrected chi connectivity index (χ3v) is 6.13. The molecule has 2 unspecified atom stereocenters. The van der Waals surface area contributed by atoms with E-state index in [2.05, 4.69) is 0 Å². The van der Waals surface area contributed by atoms with Crippen LogP contribution in [0.25, 0.3) is 0 Å². The molecule has 2 fully saturated rings. The molecule has 1 aromatic rings. The van der Waals surface area contributed by atoms with Gasteiger partial charge in [-0.3, -0.25) is 0 Å². The Kier molecular flexibility index (Phi) is 5.07. The second-order valence-electron chi connectivity index (χ2n) is 6.13. The van der Waals surface area contributed by atoms with Crippen LogP contribution in [0.2, 0.25) is 10.0 Å². The van der Waals surface area contributed by atoms with Crippen LogP contribution in [0.5, 0.6) is 0 Å². The van der Waals surface area contributed by atoms with Gasteiger partial charge in [-0.05, 0) is 66.9 Å². The number of halogens is 2. The minimum absolute atomic E-state index is 0.0171. The lowest BCUT2D eigenvalue weighted by atomic mass is 9.77. The van der Waals surface area contributed by atoms with E-state index in [-0.39, 0.29) is 11.6 Å². The molecule has 2 heterocycles. The van der Waals surface area contributed by atoms with E-state index in [1.165, 1.54) is 11.5 Å². The lowest BCUT2D eigenvalue weighted by molar-refractivity contribution is -0.105. The highest BCUT2D eigenvalue weighted by atomic mass is 35.5. The number of nitrogens with two attached hydrogens (primary N) is 1. The van der Waals surface area contributed by atoms with Crippen molar-refractivity contribution in [1.82, 2.24) is 0 Å². The van der Waals surface area contributed by atoms with Crippen molar-refractivity contribution in [3.05, 3.63) is 33.8 Å². The van der Waals surface area contributed by atoms with Crippen LogP contribution < -0.4 is 5.73 Å². The predicted octanol–water partition coefficient (Wildman–Crippen LogP) is 4.69. The highest BCUT2D eigenvalue weighted by molar-refractivity contribution is 7.99. The lowest BCUT2D eigenvalue weighted by Gasteiger charge is -2.44. The Balaban J connectivity index is 1.76. The van der Waals surface area contributed by atoms with Gasteiger partial charge in [-0.15, -0.1) is 0 Å². The fourth-order valence-electron chi connectivity index (χ4n) is 3.50. The maximum atomic E-state index is 6.52. The first-order valence-corrected chi connectivity index (χ1v) is 9.42. The van der Waals surface area contributed by atoms with Crippen molar-refractivity contribution in [3.63, 3.8) is 0 Å². The fraction of sp³-hybridized carbons (Fsp3) is 0.625. The molecular formula is C16H21Cl2NOS. The summed E-state index contributed by atoms with van der Waals surface area (Å²) in [4.78, 5) is 0. The molecule has 0 saturated carbocycles. The molecule has 2 saturated heterocycles. The molecule has 0 amide bonds. The van der Waals surface area contributed by atoms with E-state index < -0.39 is 0 Å². The molecule has 2 atom stereocenters. The van der Waals surface area contributed by atoms with Gasteiger partial charge in [-0.25, -0.2) is 0 Å². The molecule has 3 rings (SSSR count). The van der Waals surface area contributed by atoms with Crippen LogP contribution in [0.15, 0.2) is 18.2 Å². The monoisotopic (exact) mass is 345 g/mol. The van der Waals surface area contributed by atoms with Crippen molar-refractivity contribution in [2.24, 2.45) is 11.7 Å². The minimum Gasteiger partial charge on any atom is -0.375 e. The average molecular weight is 346 g/mol. The summed E-state index contributed by atoms with van der Waals surface area (Å²) in [6.07, 6.45) is 4.37. The standard InChI is InChI=1S/C16H21Cl2NOS/c17-13-7-12(8-14(18)9-13)15(19)11-1-4-20-16(10-11)2-5-21-6-3-16/h7-9,11,15H,1-6,10,19H2. The molecule has 2 nitrogen and oxygen atoms in total. The molecule has 2 aliphatic rings. The van der Waals surface area contributed by atoms with Crippen LogP contribution in [0, 0.1) is 5.92 Å². The van der Waals surface area contributed by atoms with E-state index in [4.69, 9.17) is 33.7 Å². The minimum atomic E-state index is -0.0171. The zero-order chi connectivity index (χ0) is 14.9. The maximum Gasteiger partial charge on any atom is 0.0701 e. The lowest BCUT2D eigenvalue weighted by Crippen LogP contribution is -2.45. The molecular weight excluding hydrogens is 325 g/mol. The zero-order valence-electron chi connectivity index (χ0n) is 12.0. The van der Waals surface area contributed by atoms with E-state index in [1.54, 1.807) is 6.07 Å². The van der Waals surface area contributed by atoms with Gasteiger partial charge < -0.3 is 10.5 Å². The highest BCUT2D eigenvalue weighted by Crippen LogP contribution is 2.43. The number of rotatable bonds is 2. The highest BCUT2D eigenvalue weighted by Gasteiger charge is 2.40. The van der Waals surface area contributed by atoms with Crippen LogP contribution in [0.3, 0.4) is 0 Å². The molecule has 116 valence electrons. The topological polar surface area (TPSA) is 35.2 Å². The van der Waals surface area contributed by atoms with E-state index in [9.17, 15) is 0 Å². The van der Waals surface area contributed by atoms with Gasteiger partial charge in [0.15, 0.2) is 0 Å². The molecule has 0 radical (unpaired) electrons. The first-order valence-electron chi connectivity index (χ1n) is 7.51. The summed E-state index contributed by atoms with van der Waals surface area (Å²) >= 11 is 14.2. The number of thioether (sulfide) groups is 1. The van der Waals surface area contributed by atoms with Gasteiger partial charge in [0.2, 0.25) is 0 Å². The molecule has 2 N–H and O–H groups in total. The summed E-state index contributed by atoms with van der Waals surface area (Å²) in [5, 5.41) is 1.31. The number of hydrogen-bond acceptors (Lipinski definition) is 3. The summed E-state index contributed by atoms with van der Waals surface area (Å²) in [6, 6.07) is 5.62. The number of hydrogen-bond donors (Lipinski definition) is 1. The SMILES string of the molecule is NC(c1cc(Cl)cc(Cl)c1)C1CCOC2(CCSCC2)C1. The van der Waals surface area contributed by atoms with Crippen LogP contribution in [-0.2, 0) is 4.74 Å². The summed E-state index contributed by atoms with van der Waals surface area (Å²) in [5.74, 6) is 2.84. The summed E-state index contributed by atoms with van der Waals surface area (Å²) in [6.45, 7) is 0.817. The molecule has 0 aromatic heterocycles. The van der Waals surface area contributed by atoms with Crippen molar-refractivity contribution in [2.45, 2.75) is 37.3 Å². The van der Waals surface area contributed by atoms with Gasteiger partial charge in [-0.2, -0.15) is 11.8 Å². The smallest absolute Gasteiger partial charge is 0.0701 e. The van der Waals surface area contributed by atoms with Gasteiger partial charge in [-0.1, -0.05) is 23.2 Å². The van der Waals surface area contributed by atoms with Crippen LogP contribution >= 0.6 is 35.0 Å². The summed E-state index contributed by atoms with van der Waals surface area (Å²) in [5.41, 5.74) is 7.62. The van der Waals surface area contributed by atoms with E-state index in [1.807, 2.05) is 23.9 Å². The Labute approximate surface area is 140 Å².